The van der Waals surface area contributed by atoms with Crippen LogP contribution in [0.5, 0.6) is 5.75 Å². The fraction of sp³-hybridized carbons (Fsp3) is 0.380. The average Bonchev–Trinajstić information content (AvgIpc) is 4.13. The molecule has 0 bridgehead atoms. The molecule has 0 saturated carbocycles. The van der Waals surface area contributed by atoms with Gasteiger partial charge in [-0.15, -0.1) is 0 Å². The summed E-state index contributed by atoms with van der Waals surface area (Å²) >= 11 is 0. The Morgan fingerprint density at radius 3 is 2.31 bits per heavy atom. The molecule has 0 radical (unpaired) electrons. The number of methoxy groups -OCH3 is 1. The van der Waals surface area contributed by atoms with Crippen LogP contribution in [-0.2, 0) is 40.1 Å². The van der Waals surface area contributed by atoms with Gasteiger partial charge >= 0.3 is 12.3 Å². The maximum absolute atomic E-state index is 14.1. The zero-order valence-electron chi connectivity index (χ0n) is 37.5. The standard InChI is InChI=1S/C48H55N7O4.2CO2/c1-27(2)43(49-4)48(57)55-28(3)12-17-40(55)38-21-33-14-13-31-20-37-35-16-15-32(19-34(35)26-59-42(37)22-36(31)44(33)52-38)39-23-51-46(53-39)41-18-29(25-58-6)24-54(41)47(56)45(50-5)30-10-8-7-9-11-30;2*2-1-3/h7-11,13-16,19-23,27-29,40-41,43,45,49-50,52H,12,17-18,24-26H2,1-6H3,(H,51,53);;/t28-,29-,40-,41-,43-,45+;;/m0../s1. The zero-order valence-corrected chi connectivity index (χ0v) is 37.5. The molecular formula is C50H55N7O8. The lowest BCUT2D eigenvalue weighted by Crippen LogP contribution is -2.49. The molecule has 0 aliphatic carbocycles. The van der Waals surface area contributed by atoms with E-state index in [1.165, 1.54) is 0 Å². The Morgan fingerprint density at radius 1 is 0.877 bits per heavy atom. The van der Waals surface area contributed by atoms with Gasteiger partial charge in [0.25, 0.3) is 0 Å². The van der Waals surface area contributed by atoms with Crippen molar-refractivity contribution in [3.05, 3.63) is 108 Å². The molecule has 0 unspecified atom stereocenters. The van der Waals surface area contributed by atoms with Crippen LogP contribution in [0.4, 0.5) is 0 Å². The van der Waals surface area contributed by atoms with E-state index < -0.39 is 6.04 Å². The number of imidazole rings is 1. The molecule has 2 fully saturated rings. The second-order valence-corrected chi connectivity index (χ2v) is 17.2. The second-order valence-electron chi connectivity index (χ2n) is 17.2. The molecule has 2 saturated heterocycles. The van der Waals surface area contributed by atoms with Gasteiger partial charge in [0, 0.05) is 47.6 Å². The first-order valence-corrected chi connectivity index (χ1v) is 21.9. The van der Waals surface area contributed by atoms with Crippen LogP contribution in [0.25, 0.3) is 44.1 Å². The highest BCUT2D eigenvalue weighted by Gasteiger charge is 2.41. The average molecular weight is 882 g/mol. The summed E-state index contributed by atoms with van der Waals surface area (Å²) in [5.74, 6) is 2.25. The third-order valence-corrected chi connectivity index (χ3v) is 13.0. The van der Waals surface area contributed by atoms with Gasteiger partial charge < -0.3 is 39.9 Å². The first-order valence-electron chi connectivity index (χ1n) is 21.9. The maximum Gasteiger partial charge on any atom is 0.373 e. The molecule has 6 aromatic rings. The lowest BCUT2D eigenvalue weighted by Gasteiger charge is -2.33. The van der Waals surface area contributed by atoms with Crippen LogP contribution in [0.15, 0.2) is 85.1 Å². The Labute approximate surface area is 377 Å². The number of hydrogen-bond acceptors (Lipinski definition) is 11. The normalized spacial score (nSPS) is 19.5. The lowest BCUT2D eigenvalue weighted by atomic mass is 9.92. The van der Waals surface area contributed by atoms with Gasteiger partial charge in [0.2, 0.25) is 11.8 Å². The van der Waals surface area contributed by atoms with Gasteiger partial charge in [0.1, 0.15) is 24.2 Å². The van der Waals surface area contributed by atoms with E-state index in [0.29, 0.717) is 19.8 Å². The van der Waals surface area contributed by atoms with E-state index in [0.717, 1.165) is 91.7 Å². The summed E-state index contributed by atoms with van der Waals surface area (Å²) in [6.45, 7) is 8.00. The van der Waals surface area contributed by atoms with Crippen LogP contribution in [0.2, 0.25) is 0 Å². The van der Waals surface area contributed by atoms with Crippen LogP contribution in [-0.4, -0.2) is 95.3 Å². The fourth-order valence-corrected chi connectivity index (χ4v) is 10.0. The Morgan fingerprint density at radius 2 is 1.62 bits per heavy atom. The number of likely N-dealkylation sites (tertiary alicyclic amines) is 2. The van der Waals surface area contributed by atoms with Crippen molar-refractivity contribution in [3.8, 4) is 28.1 Å². The van der Waals surface area contributed by atoms with E-state index in [-0.39, 0.29) is 60.1 Å². The number of benzene rings is 4. The molecule has 3 aliphatic rings. The number of H-pyrrole nitrogens is 2. The highest BCUT2D eigenvalue weighted by molar-refractivity contribution is 6.08. The first kappa shape index (κ1) is 46.3. The van der Waals surface area contributed by atoms with Crippen LogP contribution < -0.4 is 15.4 Å². The summed E-state index contributed by atoms with van der Waals surface area (Å²) in [6, 6.07) is 26.7. The minimum Gasteiger partial charge on any atom is -0.488 e. The topological polar surface area (TPSA) is 196 Å². The number of carbonyl (C=O) groups excluding carboxylic acids is 6. The molecule has 2 aromatic heterocycles. The predicted octanol–water partition coefficient (Wildman–Crippen LogP) is 6.90. The van der Waals surface area contributed by atoms with Crippen molar-refractivity contribution in [2.24, 2.45) is 11.8 Å². The summed E-state index contributed by atoms with van der Waals surface area (Å²) in [4.78, 5) is 76.7. The SMILES string of the molecule is CN[C@H](C(=O)N1[C@@H](C)CC[C@H]1c1cc2ccc3cc4c(cc3c2[nH]1)OCc1cc(-c2cnc([C@@H]3C[C@H](COC)CN3C(=O)[C@H](NC)c3ccccc3)[nH]2)ccc1-4)C(C)C.O=C=O.O=C=O. The van der Waals surface area contributed by atoms with Crippen molar-refractivity contribution < 1.29 is 38.2 Å². The molecule has 0 spiro atoms. The van der Waals surface area contributed by atoms with Gasteiger partial charge in [-0.25, -0.2) is 4.98 Å². The number of aromatic nitrogens is 3. The van der Waals surface area contributed by atoms with Gasteiger partial charge in [-0.2, -0.15) is 19.2 Å². The van der Waals surface area contributed by atoms with Crippen molar-refractivity contribution in [1.82, 2.24) is 35.4 Å². The predicted molar refractivity (Wildman–Crippen MR) is 242 cm³/mol. The second kappa shape index (κ2) is 20.4. The number of nitrogens with zero attached hydrogens (tertiary/aromatic N) is 3. The van der Waals surface area contributed by atoms with E-state index in [4.69, 9.17) is 33.6 Å². The highest BCUT2D eigenvalue weighted by atomic mass is 16.5. The smallest absolute Gasteiger partial charge is 0.373 e. The molecule has 4 N–H and O–H groups in total. The Bertz CT molecular complexity index is 2710. The summed E-state index contributed by atoms with van der Waals surface area (Å²) in [5, 5.41) is 9.87. The van der Waals surface area contributed by atoms with Crippen molar-refractivity contribution in [2.75, 3.05) is 34.4 Å². The molecule has 4 aromatic carbocycles. The van der Waals surface area contributed by atoms with Gasteiger partial charge in [-0.1, -0.05) is 68.4 Å². The van der Waals surface area contributed by atoms with Gasteiger partial charge in [0.05, 0.1) is 42.1 Å². The zero-order chi connectivity index (χ0) is 46.4. The van der Waals surface area contributed by atoms with E-state index >= 15 is 0 Å². The third kappa shape index (κ3) is 9.28. The number of amides is 2. The van der Waals surface area contributed by atoms with Gasteiger partial charge in [0.15, 0.2) is 0 Å². The van der Waals surface area contributed by atoms with Crippen LogP contribution in [0.3, 0.4) is 0 Å². The van der Waals surface area contributed by atoms with E-state index in [1.54, 1.807) is 7.11 Å². The van der Waals surface area contributed by atoms with Crippen LogP contribution in [0.1, 0.15) is 80.8 Å². The molecule has 3 aliphatic heterocycles. The number of hydrogen-bond donors (Lipinski definition) is 4. The summed E-state index contributed by atoms with van der Waals surface area (Å²) < 4.78 is 12.0. The molecule has 2 amide bonds. The van der Waals surface area contributed by atoms with Crippen molar-refractivity contribution in [3.63, 3.8) is 0 Å². The molecule has 5 heterocycles. The van der Waals surface area contributed by atoms with Gasteiger partial charge in [-0.3, -0.25) is 9.59 Å². The monoisotopic (exact) mass is 881 g/mol. The Balaban J connectivity index is 0.000000997. The molecule has 15 heteroatoms. The van der Waals surface area contributed by atoms with Crippen LogP contribution >= 0.6 is 0 Å². The Hall–Kier alpha value is -6.73. The molecular weight excluding hydrogens is 827 g/mol. The van der Waals surface area contributed by atoms with E-state index in [2.05, 4.69) is 94.8 Å². The molecule has 9 rings (SSSR count). The fourth-order valence-electron chi connectivity index (χ4n) is 10.0. The number of aromatic amines is 2. The number of ether oxygens (including phenoxy) is 2. The van der Waals surface area contributed by atoms with Crippen molar-refractivity contribution in [2.45, 2.75) is 76.8 Å². The quantitative estimate of drug-likeness (QED) is 0.106. The minimum atomic E-state index is -0.453. The minimum absolute atomic E-state index is 0.00738. The Kier molecular flexibility index (Phi) is 14.5. The lowest BCUT2D eigenvalue weighted by molar-refractivity contribution is -0.193. The van der Waals surface area contributed by atoms with Crippen LogP contribution in [0, 0.1) is 11.8 Å². The maximum atomic E-state index is 14.1. The molecule has 65 heavy (non-hydrogen) atoms. The highest BCUT2D eigenvalue weighted by Crippen LogP contribution is 2.45. The summed E-state index contributed by atoms with van der Waals surface area (Å²) in [7, 11) is 5.42. The number of carbonyl (C=O) groups is 2. The van der Waals surface area contributed by atoms with Gasteiger partial charge in [-0.05, 0) is 98.1 Å². The summed E-state index contributed by atoms with van der Waals surface area (Å²) in [6.07, 6.45) is 5.06. The third-order valence-electron chi connectivity index (χ3n) is 13.0. The molecule has 338 valence electrons. The number of nitrogens with one attached hydrogen (secondary N) is 4. The molecule has 15 nitrogen and oxygen atoms in total. The van der Waals surface area contributed by atoms with E-state index in [9.17, 15) is 9.59 Å². The number of likely N-dealkylation sites (N-methyl/N-ethyl adjacent to an activating group) is 2. The van der Waals surface area contributed by atoms with E-state index in [1.807, 2.05) is 55.5 Å². The molecule has 6 atom stereocenters. The van der Waals surface area contributed by atoms with Crippen molar-refractivity contribution >= 4 is 45.8 Å². The van der Waals surface area contributed by atoms with Crippen molar-refractivity contribution in [1.29, 1.82) is 0 Å². The first-order chi connectivity index (χ1) is 31.5. The largest absolute Gasteiger partial charge is 0.488 e. The number of fused-ring (bicyclic) bond motifs is 6. The summed E-state index contributed by atoms with van der Waals surface area (Å²) in [5.41, 5.74) is 8.32. The number of rotatable bonds is 11.